The molecule has 0 unspecified atom stereocenters. The summed E-state index contributed by atoms with van der Waals surface area (Å²) in [5.74, 6) is 0. The normalized spacial score (nSPS) is 10.3. The van der Waals surface area contributed by atoms with Gasteiger partial charge in [-0.15, -0.1) is 0 Å². The fourth-order valence-corrected chi connectivity index (χ4v) is 1.88. The van der Waals surface area contributed by atoms with Crippen molar-refractivity contribution < 1.29 is 0 Å². The maximum absolute atomic E-state index is 5.88. The lowest BCUT2D eigenvalue weighted by molar-refractivity contribution is 0.922. The van der Waals surface area contributed by atoms with Gasteiger partial charge < -0.3 is 4.90 Å². The lowest BCUT2D eigenvalue weighted by atomic mass is 10.1. The molecule has 0 aromatic heterocycles. The molecule has 0 atom stereocenters. The SMILES string of the molecule is Cc1ccc(CN(C)c2ccc(Cl)cc2)cc1. The third-order valence-corrected chi connectivity index (χ3v) is 3.06. The van der Waals surface area contributed by atoms with Gasteiger partial charge in [0.15, 0.2) is 0 Å². The molecule has 0 spiro atoms. The van der Waals surface area contributed by atoms with E-state index < -0.39 is 0 Å². The van der Waals surface area contributed by atoms with Gasteiger partial charge in [0, 0.05) is 24.3 Å². The van der Waals surface area contributed by atoms with Crippen LogP contribution in [0.3, 0.4) is 0 Å². The number of nitrogens with zero attached hydrogens (tertiary/aromatic N) is 1. The molecule has 2 rings (SSSR count). The molecule has 2 aromatic carbocycles. The Hall–Kier alpha value is -1.47. The summed E-state index contributed by atoms with van der Waals surface area (Å²) in [7, 11) is 2.09. The molecular weight excluding hydrogens is 230 g/mol. The smallest absolute Gasteiger partial charge is 0.0426 e. The van der Waals surface area contributed by atoms with E-state index in [-0.39, 0.29) is 0 Å². The topological polar surface area (TPSA) is 3.24 Å². The Labute approximate surface area is 108 Å². The summed E-state index contributed by atoms with van der Waals surface area (Å²) >= 11 is 5.88. The minimum absolute atomic E-state index is 0.775. The van der Waals surface area contributed by atoms with E-state index in [9.17, 15) is 0 Å². The lowest BCUT2D eigenvalue weighted by Crippen LogP contribution is -2.16. The van der Waals surface area contributed by atoms with Crippen molar-refractivity contribution in [3.63, 3.8) is 0 Å². The summed E-state index contributed by atoms with van der Waals surface area (Å²) in [5.41, 5.74) is 3.78. The number of hydrogen-bond acceptors (Lipinski definition) is 1. The molecule has 0 saturated carbocycles. The van der Waals surface area contributed by atoms with Gasteiger partial charge in [-0.2, -0.15) is 0 Å². The Morgan fingerprint density at radius 2 is 1.53 bits per heavy atom. The molecule has 88 valence electrons. The highest BCUT2D eigenvalue weighted by molar-refractivity contribution is 6.30. The largest absolute Gasteiger partial charge is 0.370 e. The maximum atomic E-state index is 5.88. The van der Waals surface area contributed by atoms with E-state index in [0.29, 0.717) is 0 Å². The predicted molar refractivity (Wildman–Crippen MR) is 74.7 cm³/mol. The van der Waals surface area contributed by atoms with Gasteiger partial charge >= 0.3 is 0 Å². The first-order chi connectivity index (χ1) is 8.15. The number of hydrogen-bond donors (Lipinski definition) is 0. The van der Waals surface area contributed by atoms with Gasteiger partial charge in [0.05, 0.1) is 0 Å². The summed E-state index contributed by atoms with van der Waals surface area (Å²) in [5, 5.41) is 0.775. The van der Waals surface area contributed by atoms with Crippen molar-refractivity contribution in [2.45, 2.75) is 13.5 Å². The summed E-state index contributed by atoms with van der Waals surface area (Å²) < 4.78 is 0. The average molecular weight is 246 g/mol. The zero-order valence-corrected chi connectivity index (χ0v) is 10.9. The van der Waals surface area contributed by atoms with Crippen LogP contribution in [0.25, 0.3) is 0 Å². The molecular formula is C15H16ClN. The minimum atomic E-state index is 0.775. The molecule has 0 amide bonds. The van der Waals surface area contributed by atoms with Crippen molar-refractivity contribution in [1.29, 1.82) is 0 Å². The lowest BCUT2D eigenvalue weighted by Gasteiger charge is -2.19. The van der Waals surface area contributed by atoms with Crippen molar-refractivity contribution in [3.05, 3.63) is 64.7 Å². The molecule has 2 heteroatoms. The van der Waals surface area contributed by atoms with Gasteiger partial charge in [-0.25, -0.2) is 0 Å². The van der Waals surface area contributed by atoms with E-state index in [1.807, 2.05) is 24.3 Å². The van der Waals surface area contributed by atoms with Crippen molar-refractivity contribution in [3.8, 4) is 0 Å². The Morgan fingerprint density at radius 3 is 2.12 bits per heavy atom. The fourth-order valence-electron chi connectivity index (χ4n) is 1.75. The summed E-state index contributed by atoms with van der Waals surface area (Å²) in [6, 6.07) is 16.5. The second-order valence-electron chi connectivity index (χ2n) is 4.32. The van der Waals surface area contributed by atoms with Crippen molar-refractivity contribution in [2.75, 3.05) is 11.9 Å². The zero-order valence-electron chi connectivity index (χ0n) is 10.2. The van der Waals surface area contributed by atoms with Crippen LogP contribution in [0.2, 0.25) is 5.02 Å². The Bertz CT molecular complexity index is 473. The summed E-state index contributed by atoms with van der Waals surface area (Å²) in [6.45, 7) is 3.01. The number of halogens is 1. The van der Waals surface area contributed by atoms with Crippen LogP contribution in [0.4, 0.5) is 5.69 Å². The molecule has 0 aliphatic rings. The number of anilines is 1. The van der Waals surface area contributed by atoms with Crippen LogP contribution in [-0.4, -0.2) is 7.05 Å². The zero-order chi connectivity index (χ0) is 12.3. The van der Waals surface area contributed by atoms with E-state index in [2.05, 4.69) is 43.1 Å². The number of benzene rings is 2. The molecule has 0 fully saturated rings. The second kappa shape index (κ2) is 5.24. The molecule has 1 nitrogen and oxygen atoms in total. The molecule has 0 bridgehead atoms. The standard InChI is InChI=1S/C15H16ClN/c1-12-3-5-13(6-4-12)11-17(2)15-9-7-14(16)8-10-15/h3-10H,11H2,1-2H3. The van der Waals surface area contributed by atoms with Gasteiger partial charge in [-0.3, -0.25) is 0 Å². The third kappa shape index (κ3) is 3.24. The van der Waals surface area contributed by atoms with Crippen LogP contribution < -0.4 is 4.90 Å². The summed E-state index contributed by atoms with van der Waals surface area (Å²) in [4.78, 5) is 2.21. The van der Waals surface area contributed by atoms with E-state index in [1.165, 1.54) is 16.8 Å². The molecule has 0 N–H and O–H groups in total. The molecule has 0 radical (unpaired) electrons. The monoisotopic (exact) mass is 245 g/mol. The van der Waals surface area contributed by atoms with Crippen LogP contribution in [-0.2, 0) is 6.54 Å². The molecule has 0 saturated heterocycles. The van der Waals surface area contributed by atoms with E-state index >= 15 is 0 Å². The van der Waals surface area contributed by atoms with E-state index in [0.717, 1.165) is 11.6 Å². The quantitative estimate of drug-likeness (QED) is 0.780. The Kier molecular flexibility index (Phi) is 3.70. The van der Waals surface area contributed by atoms with Gasteiger partial charge in [0.2, 0.25) is 0 Å². The van der Waals surface area contributed by atoms with Crippen molar-refractivity contribution in [1.82, 2.24) is 0 Å². The van der Waals surface area contributed by atoms with Gasteiger partial charge in [0.25, 0.3) is 0 Å². The van der Waals surface area contributed by atoms with Gasteiger partial charge in [-0.05, 0) is 36.8 Å². The third-order valence-electron chi connectivity index (χ3n) is 2.81. The first-order valence-corrected chi connectivity index (χ1v) is 6.05. The highest BCUT2D eigenvalue weighted by atomic mass is 35.5. The van der Waals surface area contributed by atoms with Crippen molar-refractivity contribution in [2.24, 2.45) is 0 Å². The molecule has 0 aliphatic carbocycles. The van der Waals surface area contributed by atoms with E-state index in [4.69, 9.17) is 11.6 Å². The first kappa shape index (κ1) is 12.0. The van der Waals surface area contributed by atoms with E-state index in [1.54, 1.807) is 0 Å². The highest BCUT2D eigenvalue weighted by Crippen LogP contribution is 2.18. The average Bonchev–Trinajstić information content (AvgIpc) is 2.33. The Balaban J connectivity index is 2.08. The Morgan fingerprint density at radius 1 is 0.941 bits per heavy atom. The molecule has 2 aromatic rings. The van der Waals surface area contributed by atoms with Crippen LogP contribution in [0.5, 0.6) is 0 Å². The summed E-state index contributed by atoms with van der Waals surface area (Å²) in [6.07, 6.45) is 0. The van der Waals surface area contributed by atoms with Crippen LogP contribution in [0.15, 0.2) is 48.5 Å². The molecule has 0 aliphatic heterocycles. The number of aryl methyl sites for hydroxylation is 1. The minimum Gasteiger partial charge on any atom is -0.370 e. The first-order valence-electron chi connectivity index (χ1n) is 5.67. The molecule has 17 heavy (non-hydrogen) atoms. The van der Waals surface area contributed by atoms with Crippen LogP contribution in [0, 0.1) is 6.92 Å². The van der Waals surface area contributed by atoms with Crippen LogP contribution in [0.1, 0.15) is 11.1 Å². The van der Waals surface area contributed by atoms with Gasteiger partial charge in [0.1, 0.15) is 0 Å². The maximum Gasteiger partial charge on any atom is 0.0426 e. The van der Waals surface area contributed by atoms with Crippen LogP contribution >= 0.6 is 11.6 Å². The van der Waals surface area contributed by atoms with Gasteiger partial charge in [-0.1, -0.05) is 41.4 Å². The highest BCUT2D eigenvalue weighted by Gasteiger charge is 2.01. The number of rotatable bonds is 3. The fraction of sp³-hybridized carbons (Fsp3) is 0.200. The predicted octanol–water partition coefficient (Wildman–Crippen LogP) is 4.28. The second-order valence-corrected chi connectivity index (χ2v) is 4.75. The van der Waals surface area contributed by atoms with Crippen molar-refractivity contribution >= 4 is 17.3 Å². The molecule has 0 heterocycles.